The molecule has 0 amide bonds. The van der Waals surface area contributed by atoms with E-state index in [2.05, 4.69) is 5.10 Å². The number of carbonyl (C=O) groups is 3. The average Bonchev–Trinajstić information content (AvgIpc) is 2.90. The minimum Gasteiger partial charge on any atom is -0.298 e. The van der Waals surface area contributed by atoms with Gasteiger partial charge in [-0.1, -0.05) is 19.9 Å². The number of ketones is 3. The highest BCUT2D eigenvalue weighted by molar-refractivity contribution is 6.25. The Morgan fingerprint density at radius 3 is 2.40 bits per heavy atom. The van der Waals surface area contributed by atoms with Gasteiger partial charge in [0.2, 0.25) is 0 Å². The fraction of sp³-hybridized carbons (Fsp3) is 0.333. The Bertz CT molecular complexity index is 657. The summed E-state index contributed by atoms with van der Waals surface area (Å²) in [6, 6.07) is 5.32. The van der Waals surface area contributed by atoms with E-state index in [1.165, 1.54) is 6.20 Å². The minimum absolute atomic E-state index is 0.168. The van der Waals surface area contributed by atoms with Gasteiger partial charge in [-0.05, 0) is 12.1 Å². The molecule has 0 saturated carbocycles. The summed E-state index contributed by atoms with van der Waals surface area (Å²) < 4.78 is 1.55. The van der Waals surface area contributed by atoms with Crippen molar-refractivity contribution >= 4 is 22.9 Å². The lowest BCUT2D eigenvalue weighted by Crippen LogP contribution is -2.31. The van der Waals surface area contributed by atoms with Crippen LogP contribution < -0.4 is 0 Å². The van der Waals surface area contributed by atoms with Crippen LogP contribution in [-0.4, -0.2) is 27.0 Å². The lowest BCUT2D eigenvalue weighted by atomic mass is 9.88. The first-order chi connectivity index (χ1) is 9.60. The molecule has 0 atom stereocenters. The van der Waals surface area contributed by atoms with E-state index >= 15 is 0 Å². The van der Waals surface area contributed by atoms with E-state index in [9.17, 15) is 14.4 Å². The molecule has 0 aromatic carbocycles. The van der Waals surface area contributed by atoms with Crippen molar-refractivity contribution in [3.05, 3.63) is 36.2 Å². The standard InChI is InChI=1S/C15H16N2O3/c1-3-12(18)14(13(19)4-2)15(20)10-9-16-17-8-6-5-7-11(10)17/h5-9,14H,3-4H2,1-2H3. The summed E-state index contributed by atoms with van der Waals surface area (Å²) >= 11 is 0. The molecule has 2 heterocycles. The summed E-state index contributed by atoms with van der Waals surface area (Å²) in [6.45, 7) is 3.31. The van der Waals surface area contributed by atoms with Crippen LogP contribution in [0.15, 0.2) is 30.6 Å². The fourth-order valence-electron chi connectivity index (χ4n) is 2.16. The Morgan fingerprint density at radius 1 is 1.15 bits per heavy atom. The maximum Gasteiger partial charge on any atom is 0.184 e. The van der Waals surface area contributed by atoms with E-state index in [1.807, 2.05) is 0 Å². The summed E-state index contributed by atoms with van der Waals surface area (Å²) in [5, 5.41) is 4.07. The van der Waals surface area contributed by atoms with Crippen molar-refractivity contribution in [2.45, 2.75) is 26.7 Å². The monoisotopic (exact) mass is 272 g/mol. The number of hydrogen-bond acceptors (Lipinski definition) is 4. The van der Waals surface area contributed by atoms with Gasteiger partial charge in [0.1, 0.15) is 5.92 Å². The van der Waals surface area contributed by atoms with Gasteiger partial charge in [0.05, 0.1) is 17.3 Å². The lowest BCUT2D eigenvalue weighted by Gasteiger charge is -2.11. The topological polar surface area (TPSA) is 68.5 Å². The third-order valence-electron chi connectivity index (χ3n) is 3.30. The number of nitrogens with zero attached hydrogens (tertiary/aromatic N) is 2. The third kappa shape index (κ3) is 2.39. The second kappa shape index (κ2) is 5.77. The summed E-state index contributed by atoms with van der Waals surface area (Å²) in [5.74, 6) is -2.32. The van der Waals surface area contributed by atoms with Crippen LogP contribution in [0.2, 0.25) is 0 Å². The van der Waals surface area contributed by atoms with Crippen molar-refractivity contribution in [3.63, 3.8) is 0 Å². The molecule has 0 spiro atoms. The van der Waals surface area contributed by atoms with Crippen LogP contribution in [0.5, 0.6) is 0 Å². The second-order valence-corrected chi connectivity index (χ2v) is 4.53. The van der Waals surface area contributed by atoms with Gasteiger partial charge < -0.3 is 0 Å². The summed E-state index contributed by atoms with van der Waals surface area (Å²) in [7, 11) is 0. The van der Waals surface area contributed by atoms with Gasteiger partial charge in [-0.2, -0.15) is 5.10 Å². The van der Waals surface area contributed by atoms with Gasteiger partial charge >= 0.3 is 0 Å². The molecule has 104 valence electrons. The molecule has 5 nitrogen and oxygen atoms in total. The van der Waals surface area contributed by atoms with Gasteiger partial charge in [-0.3, -0.25) is 14.4 Å². The molecule has 2 aromatic rings. The van der Waals surface area contributed by atoms with Crippen molar-refractivity contribution < 1.29 is 14.4 Å². The molecule has 0 unspecified atom stereocenters. The Hall–Kier alpha value is -2.30. The number of fused-ring (bicyclic) bond motifs is 1. The molecule has 5 heteroatoms. The van der Waals surface area contributed by atoms with Gasteiger partial charge in [-0.25, -0.2) is 4.52 Å². The summed E-state index contributed by atoms with van der Waals surface area (Å²) in [6.07, 6.45) is 3.46. The molecule has 0 bridgehead atoms. The van der Waals surface area contributed by atoms with E-state index in [1.54, 1.807) is 42.8 Å². The van der Waals surface area contributed by atoms with Crippen LogP contribution in [0.4, 0.5) is 0 Å². The third-order valence-corrected chi connectivity index (χ3v) is 3.30. The van der Waals surface area contributed by atoms with Crippen molar-refractivity contribution in [1.29, 1.82) is 0 Å². The largest absolute Gasteiger partial charge is 0.298 e. The number of aromatic nitrogens is 2. The Labute approximate surface area is 116 Å². The predicted molar refractivity (Wildman–Crippen MR) is 73.6 cm³/mol. The van der Waals surface area contributed by atoms with Crippen LogP contribution in [0.1, 0.15) is 37.0 Å². The molecule has 0 aliphatic heterocycles. The van der Waals surface area contributed by atoms with E-state index in [0.717, 1.165) is 0 Å². The summed E-state index contributed by atoms with van der Waals surface area (Å²) in [5.41, 5.74) is 0.925. The van der Waals surface area contributed by atoms with Crippen LogP contribution in [-0.2, 0) is 9.59 Å². The minimum atomic E-state index is -1.20. The first kappa shape index (κ1) is 14.1. The highest BCUT2D eigenvalue weighted by Gasteiger charge is 2.33. The molecule has 20 heavy (non-hydrogen) atoms. The number of carbonyl (C=O) groups excluding carboxylic acids is 3. The van der Waals surface area contributed by atoms with Crippen LogP contribution in [0.25, 0.3) is 5.52 Å². The maximum absolute atomic E-state index is 12.5. The first-order valence-electron chi connectivity index (χ1n) is 6.62. The van der Waals surface area contributed by atoms with Gasteiger partial charge in [0.25, 0.3) is 0 Å². The predicted octanol–water partition coefficient (Wildman–Crippen LogP) is 2.09. The normalized spacial score (nSPS) is 10.9. The van der Waals surface area contributed by atoms with Crippen molar-refractivity contribution in [1.82, 2.24) is 9.61 Å². The number of hydrogen-bond donors (Lipinski definition) is 0. The van der Waals surface area contributed by atoms with E-state index in [4.69, 9.17) is 0 Å². The fourth-order valence-corrected chi connectivity index (χ4v) is 2.16. The molecule has 0 aliphatic rings. The van der Waals surface area contributed by atoms with Crippen LogP contribution >= 0.6 is 0 Å². The highest BCUT2D eigenvalue weighted by atomic mass is 16.2. The van der Waals surface area contributed by atoms with Crippen LogP contribution in [0, 0.1) is 5.92 Å². The van der Waals surface area contributed by atoms with Gasteiger partial charge in [-0.15, -0.1) is 0 Å². The molecule has 2 rings (SSSR count). The number of Topliss-reactive ketones (excluding diaryl/α,β-unsaturated/α-hetero) is 3. The smallest absolute Gasteiger partial charge is 0.184 e. The maximum atomic E-state index is 12.5. The number of pyridine rings is 1. The van der Waals surface area contributed by atoms with Crippen molar-refractivity contribution in [2.24, 2.45) is 5.92 Å². The molecule has 0 saturated heterocycles. The summed E-state index contributed by atoms with van der Waals surface area (Å²) in [4.78, 5) is 36.4. The Balaban J connectivity index is 2.46. The molecular weight excluding hydrogens is 256 g/mol. The highest BCUT2D eigenvalue weighted by Crippen LogP contribution is 2.18. The SMILES string of the molecule is CCC(=O)C(C(=O)CC)C(=O)c1cnn2ccccc12. The van der Waals surface area contributed by atoms with E-state index < -0.39 is 11.7 Å². The Kier molecular flexibility index (Phi) is 4.08. The molecule has 2 aromatic heterocycles. The van der Waals surface area contributed by atoms with Crippen LogP contribution in [0.3, 0.4) is 0 Å². The Morgan fingerprint density at radius 2 is 1.80 bits per heavy atom. The molecular formula is C15H16N2O3. The van der Waals surface area contributed by atoms with Gasteiger partial charge in [0, 0.05) is 19.0 Å². The van der Waals surface area contributed by atoms with Crippen molar-refractivity contribution in [2.75, 3.05) is 0 Å². The zero-order valence-electron chi connectivity index (χ0n) is 11.5. The zero-order valence-corrected chi connectivity index (χ0v) is 11.5. The average molecular weight is 272 g/mol. The first-order valence-corrected chi connectivity index (χ1v) is 6.62. The van der Waals surface area contributed by atoms with E-state index in [0.29, 0.717) is 11.1 Å². The molecule has 0 aliphatic carbocycles. The molecule has 0 N–H and O–H groups in total. The number of rotatable bonds is 6. The second-order valence-electron chi connectivity index (χ2n) is 4.53. The quantitative estimate of drug-likeness (QED) is 0.596. The van der Waals surface area contributed by atoms with Gasteiger partial charge in [0.15, 0.2) is 17.3 Å². The van der Waals surface area contributed by atoms with Crippen molar-refractivity contribution in [3.8, 4) is 0 Å². The zero-order chi connectivity index (χ0) is 14.7. The molecule has 0 fully saturated rings. The lowest BCUT2D eigenvalue weighted by molar-refractivity contribution is -0.130. The van der Waals surface area contributed by atoms with E-state index in [-0.39, 0.29) is 24.4 Å². The molecule has 0 radical (unpaired) electrons.